The summed E-state index contributed by atoms with van der Waals surface area (Å²) >= 11 is 5.70. The van der Waals surface area contributed by atoms with Crippen LogP contribution in [0.5, 0.6) is 5.75 Å². The van der Waals surface area contributed by atoms with Crippen LogP contribution in [0, 0.1) is 5.92 Å². The molecule has 0 radical (unpaired) electrons. The molecule has 0 aliphatic carbocycles. The number of alkyl halides is 2. The van der Waals surface area contributed by atoms with Gasteiger partial charge in [0.2, 0.25) is 10.0 Å². The lowest BCUT2D eigenvalue weighted by Gasteiger charge is -2.21. The first-order valence-corrected chi connectivity index (χ1v) is 7.81. The molecule has 1 N–H and O–H groups in total. The van der Waals surface area contributed by atoms with E-state index in [9.17, 15) is 22.0 Å². The van der Waals surface area contributed by atoms with E-state index in [-0.39, 0.29) is 11.6 Å². The molecule has 0 heterocycles. The minimum Gasteiger partial charge on any atom is -0.481 e. The number of sulfonamides is 1. The highest BCUT2D eigenvalue weighted by molar-refractivity contribution is 7.89. The fraction of sp³-hybridized carbons (Fsp3) is 0.417. The van der Waals surface area contributed by atoms with Crippen molar-refractivity contribution in [2.75, 3.05) is 13.6 Å². The van der Waals surface area contributed by atoms with E-state index in [0.29, 0.717) is 0 Å². The predicted octanol–water partition coefficient (Wildman–Crippen LogP) is 2.28. The van der Waals surface area contributed by atoms with E-state index in [4.69, 9.17) is 16.7 Å². The summed E-state index contributed by atoms with van der Waals surface area (Å²) in [7, 11) is -3.10. The zero-order valence-electron chi connectivity index (χ0n) is 11.7. The molecule has 1 aromatic rings. The van der Waals surface area contributed by atoms with Gasteiger partial charge < -0.3 is 9.84 Å². The Balaban J connectivity index is 3.21. The number of aliphatic carboxylic acids is 1. The molecular formula is C12H14ClF2NO5S. The van der Waals surface area contributed by atoms with Gasteiger partial charge in [0.25, 0.3) is 0 Å². The van der Waals surface area contributed by atoms with Gasteiger partial charge in [-0.1, -0.05) is 18.5 Å². The van der Waals surface area contributed by atoms with Crippen molar-refractivity contribution in [3.63, 3.8) is 0 Å². The average molecular weight is 358 g/mol. The van der Waals surface area contributed by atoms with Crippen molar-refractivity contribution in [3.05, 3.63) is 23.2 Å². The topological polar surface area (TPSA) is 83.9 Å². The Morgan fingerprint density at radius 3 is 2.55 bits per heavy atom. The highest BCUT2D eigenvalue weighted by Gasteiger charge is 2.29. The zero-order valence-corrected chi connectivity index (χ0v) is 13.2. The van der Waals surface area contributed by atoms with Crippen molar-refractivity contribution in [2.45, 2.75) is 18.4 Å². The molecule has 0 aliphatic rings. The van der Waals surface area contributed by atoms with Gasteiger partial charge in [0.15, 0.2) is 0 Å². The summed E-state index contributed by atoms with van der Waals surface area (Å²) in [5, 5.41) is 8.83. The lowest BCUT2D eigenvalue weighted by molar-refractivity contribution is -0.141. The molecule has 1 atom stereocenters. The number of hydrogen-bond acceptors (Lipinski definition) is 4. The van der Waals surface area contributed by atoms with Gasteiger partial charge in [0, 0.05) is 18.6 Å². The average Bonchev–Trinajstić information content (AvgIpc) is 2.39. The molecule has 0 aliphatic heterocycles. The van der Waals surface area contributed by atoms with Crippen LogP contribution in [-0.4, -0.2) is 44.0 Å². The minimum absolute atomic E-state index is 0.0138. The lowest BCUT2D eigenvalue weighted by Crippen LogP contribution is -2.34. The molecule has 1 aromatic carbocycles. The van der Waals surface area contributed by atoms with Crippen LogP contribution in [0.1, 0.15) is 6.92 Å². The summed E-state index contributed by atoms with van der Waals surface area (Å²) in [6, 6.07) is 3.19. The van der Waals surface area contributed by atoms with Crippen LogP contribution in [0.15, 0.2) is 23.1 Å². The maximum absolute atomic E-state index is 12.4. The maximum Gasteiger partial charge on any atom is 0.387 e. The van der Waals surface area contributed by atoms with Crippen molar-refractivity contribution in [1.82, 2.24) is 4.31 Å². The highest BCUT2D eigenvalue weighted by Crippen LogP contribution is 2.30. The Hall–Kier alpha value is -1.45. The van der Waals surface area contributed by atoms with E-state index in [1.165, 1.54) is 13.0 Å². The molecule has 0 saturated carbocycles. The molecule has 0 spiro atoms. The van der Waals surface area contributed by atoms with Gasteiger partial charge in [-0.15, -0.1) is 0 Å². The SMILES string of the molecule is CC(CN(C)S(=O)(=O)c1cc(Cl)ccc1OC(F)F)C(=O)O. The molecule has 0 fully saturated rings. The van der Waals surface area contributed by atoms with Crippen molar-refractivity contribution in [3.8, 4) is 5.75 Å². The van der Waals surface area contributed by atoms with E-state index in [2.05, 4.69) is 4.74 Å². The number of carboxylic acid groups (broad SMARTS) is 1. The predicted molar refractivity (Wildman–Crippen MR) is 74.7 cm³/mol. The van der Waals surface area contributed by atoms with Gasteiger partial charge in [-0.2, -0.15) is 13.1 Å². The summed E-state index contributed by atoms with van der Waals surface area (Å²) in [4.78, 5) is 10.2. The van der Waals surface area contributed by atoms with E-state index in [1.807, 2.05) is 0 Å². The van der Waals surface area contributed by atoms with Gasteiger partial charge in [-0.05, 0) is 18.2 Å². The standard InChI is InChI=1S/C12H14ClF2NO5S/c1-7(11(17)18)6-16(2)22(19,20)10-5-8(13)3-4-9(10)21-12(14)15/h3-5,7,12H,6H2,1-2H3,(H,17,18). The van der Waals surface area contributed by atoms with Crippen LogP contribution < -0.4 is 4.74 Å². The minimum atomic E-state index is -4.24. The van der Waals surface area contributed by atoms with Crippen molar-refractivity contribution < 1.29 is 31.8 Å². The molecule has 0 aromatic heterocycles. The summed E-state index contributed by atoms with van der Waals surface area (Å²) < 4.78 is 54.4. The summed E-state index contributed by atoms with van der Waals surface area (Å²) in [5.74, 6) is -2.72. The lowest BCUT2D eigenvalue weighted by atomic mass is 10.2. The first kappa shape index (κ1) is 18.6. The van der Waals surface area contributed by atoms with Crippen LogP contribution in [0.2, 0.25) is 5.02 Å². The molecular weight excluding hydrogens is 344 g/mol. The van der Waals surface area contributed by atoms with Crippen LogP contribution in [0.4, 0.5) is 8.78 Å². The Morgan fingerprint density at radius 1 is 1.45 bits per heavy atom. The second kappa shape index (κ2) is 7.21. The first-order valence-electron chi connectivity index (χ1n) is 5.99. The third kappa shape index (κ3) is 4.52. The zero-order chi connectivity index (χ0) is 17.1. The van der Waals surface area contributed by atoms with E-state index < -0.39 is 39.2 Å². The molecule has 0 saturated heterocycles. The van der Waals surface area contributed by atoms with Gasteiger partial charge in [-0.3, -0.25) is 4.79 Å². The van der Waals surface area contributed by atoms with Crippen molar-refractivity contribution >= 4 is 27.6 Å². The highest BCUT2D eigenvalue weighted by atomic mass is 35.5. The summed E-state index contributed by atoms with van der Waals surface area (Å²) in [6.45, 7) is -2.22. The quantitative estimate of drug-likeness (QED) is 0.809. The Morgan fingerprint density at radius 2 is 2.05 bits per heavy atom. The number of rotatable bonds is 7. The fourth-order valence-electron chi connectivity index (χ4n) is 1.61. The normalized spacial score (nSPS) is 13.4. The number of carboxylic acids is 1. The fourth-order valence-corrected chi connectivity index (χ4v) is 3.25. The molecule has 124 valence electrons. The van der Waals surface area contributed by atoms with E-state index in [1.54, 1.807) is 0 Å². The third-order valence-electron chi connectivity index (χ3n) is 2.76. The molecule has 0 amide bonds. The number of halogens is 3. The van der Waals surface area contributed by atoms with Gasteiger partial charge in [-0.25, -0.2) is 8.42 Å². The number of hydrogen-bond donors (Lipinski definition) is 1. The summed E-state index contributed by atoms with van der Waals surface area (Å²) in [5.41, 5.74) is 0. The van der Waals surface area contributed by atoms with Crippen molar-refractivity contribution in [1.29, 1.82) is 0 Å². The molecule has 22 heavy (non-hydrogen) atoms. The van der Waals surface area contributed by atoms with Crippen LogP contribution in [0.3, 0.4) is 0 Å². The van der Waals surface area contributed by atoms with Crippen LogP contribution in [0.25, 0.3) is 0 Å². The molecule has 1 rings (SSSR count). The van der Waals surface area contributed by atoms with E-state index in [0.717, 1.165) is 23.5 Å². The van der Waals surface area contributed by atoms with Gasteiger partial charge in [0.05, 0.1) is 5.92 Å². The van der Waals surface area contributed by atoms with E-state index >= 15 is 0 Å². The van der Waals surface area contributed by atoms with Gasteiger partial charge >= 0.3 is 12.6 Å². The molecule has 10 heteroatoms. The molecule has 1 unspecified atom stereocenters. The monoisotopic (exact) mass is 357 g/mol. The third-order valence-corrected chi connectivity index (χ3v) is 4.84. The maximum atomic E-state index is 12.4. The van der Waals surface area contributed by atoms with Crippen molar-refractivity contribution in [2.24, 2.45) is 5.92 Å². The molecule has 6 nitrogen and oxygen atoms in total. The Kier molecular flexibility index (Phi) is 6.09. The summed E-state index contributed by atoms with van der Waals surface area (Å²) in [6.07, 6.45) is 0. The smallest absolute Gasteiger partial charge is 0.387 e. The second-order valence-corrected chi connectivity index (χ2v) is 6.94. The number of benzene rings is 1. The number of ether oxygens (including phenoxy) is 1. The largest absolute Gasteiger partial charge is 0.481 e. The van der Waals surface area contributed by atoms with Crippen LogP contribution in [-0.2, 0) is 14.8 Å². The van der Waals surface area contributed by atoms with Gasteiger partial charge in [0.1, 0.15) is 10.6 Å². The molecule has 0 bridgehead atoms. The Bertz CT molecular complexity index is 653. The Labute approximate surface area is 131 Å². The second-order valence-electron chi connectivity index (χ2n) is 4.49. The number of nitrogens with zero attached hydrogens (tertiary/aromatic N) is 1. The first-order chi connectivity index (χ1) is 10.1. The number of carbonyl (C=O) groups is 1. The van der Waals surface area contributed by atoms with Crippen LogP contribution >= 0.6 is 11.6 Å².